The van der Waals surface area contributed by atoms with E-state index in [1.165, 1.54) is 0 Å². The Balaban J connectivity index is 1.27. The van der Waals surface area contributed by atoms with Crippen LogP contribution in [0, 0.1) is 0 Å². The number of rotatable bonds is 8. The number of anilines is 1. The van der Waals surface area contributed by atoms with Crippen molar-refractivity contribution in [2.75, 3.05) is 44.8 Å². The van der Waals surface area contributed by atoms with Crippen LogP contribution in [-0.2, 0) is 16.1 Å². The third-order valence-electron chi connectivity index (χ3n) is 5.77. The number of methoxy groups -OCH3 is 1. The number of ether oxygens (including phenoxy) is 3. The van der Waals surface area contributed by atoms with Gasteiger partial charge in [0, 0.05) is 37.4 Å². The molecule has 1 aliphatic rings. The van der Waals surface area contributed by atoms with E-state index in [1.807, 2.05) is 66.7 Å². The van der Waals surface area contributed by atoms with Crippen LogP contribution in [0.3, 0.4) is 0 Å². The minimum atomic E-state index is -0.530. The molecule has 0 unspecified atom stereocenters. The van der Waals surface area contributed by atoms with Crippen molar-refractivity contribution in [1.82, 2.24) is 4.90 Å². The zero-order valence-corrected chi connectivity index (χ0v) is 19.2. The average molecular weight is 461 g/mol. The Bertz CT molecular complexity index is 1090. The third kappa shape index (κ3) is 5.86. The highest BCUT2D eigenvalue weighted by Gasteiger charge is 2.23. The minimum absolute atomic E-state index is 0.194. The molecule has 0 bridgehead atoms. The fourth-order valence-corrected chi connectivity index (χ4v) is 3.83. The number of hydrogen-bond donors (Lipinski definition) is 0. The number of nitrogens with zero attached hydrogens (tertiary/aromatic N) is 2. The van der Waals surface area contributed by atoms with E-state index in [4.69, 9.17) is 14.2 Å². The number of piperazine rings is 1. The third-order valence-corrected chi connectivity index (χ3v) is 5.77. The van der Waals surface area contributed by atoms with E-state index >= 15 is 0 Å². The lowest BCUT2D eigenvalue weighted by molar-refractivity contribution is -0.134. The summed E-state index contributed by atoms with van der Waals surface area (Å²) in [5.41, 5.74) is 2.20. The van der Waals surface area contributed by atoms with Crippen molar-refractivity contribution < 1.29 is 23.8 Å². The molecule has 1 amide bonds. The standard InChI is InChI=1S/C27H28N2O5/c1-32-23-13-11-22(12-14-23)28-15-17-29(18-16-28)26(30)20-34-27(31)25-10-6-5-7-21(25)19-33-24-8-3-2-4-9-24/h2-14H,15-20H2,1H3. The van der Waals surface area contributed by atoms with Gasteiger partial charge in [-0.05, 0) is 42.5 Å². The molecule has 0 saturated carbocycles. The van der Waals surface area contributed by atoms with Gasteiger partial charge in [0.25, 0.3) is 5.91 Å². The molecule has 1 fully saturated rings. The molecule has 1 saturated heterocycles. The number of para-hydroxylation sites is 1. The highest BCUT2D eigenvalue weighted by molar-refractivity contribution is 5.92. The van der Waals surface area contributed by atoms with Crippen molar-refractivity contribution in [1.29, 1.82) is 0 Å². The summed E-state index contributed by atoms with van der Waals surface area (Å²) >= 11 is 0. The Kier molecular flexibility index (Phi) is 7.65. The summed E-state index contributed by atoms with van der Waals surface area (Å²) in [4.78, 5) is 29.3. The number of amides is 1. The molecule has 34 heavy (non-hydrogen) atoms. The fraction of sp³-hybridized carbons (Fsp3) is 0.259. The Morgan fingerprint density at radius 2 is 1.47 bits per heavy atom. The summed E-state index contributed by atoms with van der Waals surface area (Å²) in [5, 5.41) is 0. The second-order valence-corrected chi connectivity index (χ2v) is 7.90. The van der Waals surface area contributed by atoms with E-state index in [2.05, 4.69) is 4.90 Å². The predicted octanol–water partition coefficient (Wildman–Crippen LogP) is 3.78. The molecule has 1 aliphatic heterocycles. The SMILES string of the molecule is COc1ccc(N2CCN(C(=O)COC(=O)c3ccccc3COc3ccccc3)CC2)cc1. The maximum Gasteiger partial charge on any atom is 0.339 e. The smallest absolute Gasteiger partial charge is 0.339 e. The molecular formula is C27H28N2O5. The van der Waals surface area contributed by atoms with Gasteiger partial charge >= 0.3 is 5.97 Å². The first-order valence-electron chi connectivity index (χ1n) is 11.2. The summed E-state index contributed by atoms with van der Waals surface area (Å²) in [6.07, 6.45) is 0. The van der Waals surface area contributed by atoms with Gasteiger partial charge in [-0.2, -0.15) is 0 Å². The molecule has 1 heterocycles. The van der Waals surface area contributed by atoms with E-state index in [1.54, 1.807) is 24.1 Å². The molecule has 7 heteroatoms. The van der Waals surface area contributed by atoms with Crippen LogP contribution < -0.4 is 14.4 Å². The Labute approximate surface area is 199 Å². The predicted molar refractivity (Wildman–Crippen MR) is 129 cm³/mol. The first-order valence-corrected chi connectivity index (χ1v) is 11.2. The second kappa shape index (κ2) is 11.2. The molecule has 0 atom stereocenters. The van der Waals surface area contributed by atoms with Crippen LogP contribution in [-0.4, -0.2) is 56.7 Å². The fourth-order valence-electron chi connectivity index (χ4n) is 3.83. The molecule has 7 nitrogen and oxygen atoms in total. The Hall–Kier alpha value is -4.00. The van der Waals surface area contributed by atoms with Crippen molar-refractivity contribution in [3.8, 4) is 11.5 Å². The van der Waals surface area contributed by atoms with Crippen molar-refractivity contribution in [2.45, 2.75) is 6.61 Å². The molecule has 0 radical (unpaired) electrons. The highest BCUT2D eigenvalue weighted by Crippen LogP contribution is 2.21. The maximum absolute atomic E-state index is 12.7. The van der Waals surface area contributed by atoms with Crippen LogP contribution in [0.4, 0.5) is 5.69 Å². The van der Waals surface area contributed by atoms with Gasteiger partial charge in [0.15, 0.2) is 6.61 Å². The molecule has 0 aromatic heterocycles. The average Bonchev–Trinajstić information content (AvgIpc) is 2.91. The lowest BCUT2D eigenvalue weighted by Gasteiger charge is -2.36. The molecule has 3 aromatic rings. The van der Waals surface area contributed by atoms with Gasteiger partial charge < -0.3 is 24.0 Å². The van der Waals surface area contributed by atoms with Gasteiger partial charge in [-0.1, -0.05) is 36.4 Å². The van der Waals surface area contributed by atoms with E-state index in [0.717, 1.165) is 17.2 Å². The zero-order valence-electron chi connectivity index (χ0n) is 19.2. The lowest BCUT2D eigenvalue weighted by atomic mass is 10.1. The van der Waals surface area contributed by atoms with Gasteiger partial charge in [-0.25, -0.2) is 4.79 Å². The Morgan fingerprint density at radius 3 is 2.18 bits per heavy atom. The summed E-state index contributed by atoms with van der Waals surface area (Å²) < 4.78 is 16.3. The topological polar surface area (TPSA) is 68.3 Å². The van der Waals surface area contributed by atoms with Crippen molar-refractivity contribution in [2.24, 2.45) is 0 Å². The van der Waals surface area contributed by atoms with E-state index in [0.29, 0.717) is 37.3 Å². The zero-order chi connectivity index (χ0) is 23.8. The van der Waals surface area contributed by atoms with Gasteiger partial charge in [-0.3, -0.25) is 4.79 Å². The van der Waals surface area contributed by atoms with Crippen LogP contribution in [0.5, 0.6) is 11.5 Å². The summed E-state index contributed by atoms with van der Waals surface area (Å²) in [6, 6.07) is 24.4. The van der Waals surface area contributed by atoms with Gasteiger partial charge in [0.2, 0.25) is 0 Å². The van der Waals surface area contributed by atoms with Crippen LogP contribution >= 0.6 is 0 Å². The maximum atomic E-state index is 12.7. The lowest BCUT2D eigenvalue weighted by Crippen LogP contribution is -2.49. The molecule has 0 aliphatic carbocycles. The Morgan fingerprint density at radius 1 is 0.794 bits per heavy atom. The first kappa shape index (κ1) is 23.2. The minimum Gasteiger partial charge on any atom is -0.497 e. The van der Waals surface area contributed by atoms with Crippen molar-refractivity contribution in [3.63, 3.8) is 0 Å². The number of hydrogen-bond acceptors (Lipinski definition) is 6. The number of carbonyl (C=O) groups is 2. The van der Waals surface area contributed by atoms with Gasteiger partial charge in [-0.15, -0.1) is 0 Å². The molecule has 3 aromatic carbocycles. The summed E-state index contributed by atoms with van der Waals surface area (Å²) in [6.45, 7) is 2.52. The monoisotopic (exact) mass is 460 g/mol. The molecule has 4 rings (SSSR count). The van der Waals surface area contributed by atoms with Crippen molar-refractivity contribution >= 4 is 17.6 Å². The van der Waals surface area contributed by atoms with Gasteiger partial charge in [0.1, 0.15) is 18.1 Å². The summed E-state index contributed by atoms with van der Waals surface area (Å²) in [7, 11) is 1.64. The molecule has 176 valence electrons. The van der Waals surface area contributed by atoms with Crippen LogP contribution in [0.2, 0.25) is 0 Å². The van der Waals surface area contributed by atoms with Crippen LogP contribution in [0.1, 0.15) is 15.9 Å². The normalized spacial score (nSPS) is 13.3. The van der Waals surface area contributed by atoms with Crippen molar-refractivity contribution in [3.05, 3.63) is 90.0 Å². The van der Waals surface area contributed by atoms with E-state index < -0.39 is 5.97 Å². The number of carbonyl (C=O) groups excluding carboxylic acids is 2. The molecule has 0 N–H and O–H groups in total. The summed E-state index contributed by atoms with van der Waals surface area (Å²) in [5.74, 6) is 0.806. The number of esters is 1. The highest BCUT2D eigenvalue weighted by atomic mass is 16.5. The largest absolute Gasteiger partial charge is 0.497 e. The van der Waals surface area contributed by atoms with Gasteiger partial charge in [0.05, 0.1) is 12.7 Å². The first-order chi connectivity index (χ1) is 16.6. The molecule has 0 spiro atoms. The van der Waals surface area contributed by atoms with E-state index in [-0.39, 0.29) is 19.1 Å². The molecular weight excluding hydrogens is 432 g/mol. The quantitative estimate of drug-likeness (QED) is 0.477. The van der Waals surface area contributed by atoms with Crippen LogP contribution in [0.25, 0.3) is 0 Å². The second-order valence-electron chi connectivity index (χ2n) is 7.90. The van der Waals surface area contributed by atoms with E-state index in [9.17, 15) is 9.59 Å². The number of benzene rings is 3. The van der Waals surface area contributed by atoms with Crippen LogP contribution in [0.15, 0.2) is 78.9 Å².